The van der Waals surface area contributed by atoms with Crippen LogP contribution in [0, 0.1) is 0 Å². The molecule has 102 valence electrons. The molecule has 2 aromatic heterocycles. The summed E-state index contributed by atoms with van der Waals surface area (Å²) in [5, 5.41) is 1.23. The standard InChI is InChI=1S/C12H12N6OS/c13-7-3-6(5-20-12-15-1-2-16-12)9-8(4-7)10(19)18-11(14)17-9/h1-4H,5,13H2,(H,15,16)(H3,14,17,18,19). The van der Waals surface area contributed by atoms with Crippen LogP contribution in [0.2, 0.25) is 0 Å². The van der Waals surface area contributed by atoms with E-state index in [1.165, 1.54) is 11.8 Å². The van der Waals surface area contributed by atoms with Crippen LogP contribution in [0.4, 0.5) is 11.6 Å². The molecule has 0 aliphatic carbocycles. The van der Waals surface area contributed by atoms with Crippen molar-refractivity contribution >= 4 is 34.3 Å². The molecule has 1 aromatic carbocycles. The van der Waals surface area contributed by atoms with Gasteiger partial charge >= 0.3 is 0 Å². The summed E-state index contributed by atoms with van der Waals surface area (Å²) >= 11 is 1.50. The number of nitrogen functional groups attached to an aromatic ring is 2. The Morgan fingerprint density at radius 3 is 2.90 bits per heavy atom. The number of nitrogens with one attached hydrogen (secondary N) is 2. The van der Waals surface area contributed by atoms with Crippen molar-refractivity contribution < 1.29 is 0 Å². The number of nitrogens with zero attached hydrogens (tertiary/aromatic N) is 2. The van der Waals surface area contributed by atoms with Crippen molar-refractivity contribution in [3.8, 4) is 0 Å². The summed E-state index contributed by atoms with van der Waals surface area (Å²) in [6.07, 6.45) is 3.43. The van der Waals surface area contributed by atoms with E-state index < -0.39 is 0 Å². The molecule has 0 spiro atoms. The largest absolute Gasteiger partial charge is 0.399 e. The summed E-state index contributed by atoms with van der Waals surface area (Å²) in [5.74, 6) is 0.682. The molecule has 0 amide bonds. The van der Waals surface area contributed by atoms with Gasteiger partial charge in [-0.1, -0.05) is 11.8 Å². The maximum absolute atomic E-state index is 11.9. The normalized spacial score (nSPS) is 11.0. The number of aromatic amines is 2. The Labute approximate surface area is 117 Å². The smallest absolute Gasteiger partial charge is 0.260 e. The Morgan fingerprint density at radius 1 is 1.30 bits per heavy atom. The van der Waals surface area contributed by atoms with E-state index >= 15 is 0 Å². The zero-order valence-corrected chi connectivity index (χ0v) is 11.2. The van der Waals surface area contributed by atoms with Gasteiger partial charge in [0.25, 0.3) is 5.56 Å². The molecule has 2 heterocycles. The number of nitrogens with two attached hydrogens (primary N) is 2. The van der Waals surface area contributed by atoms with Crippen LogP contribution in [0.15, 0.2) is 34.5 Å². The van der Waals surface area contributed by atoms with E-state index in [4.69, 9.17) is 11.5 Å². The van der Waals surface area contributed by atoms with Crippen molar-refractivity contribution in [3.05, 3.63) is 40.4 Å². The van der Waals surface area contributed by atoms with Crippen LogP contribution in [0.5, 0.6) is 0 Å². The van der Waals surface area contributed by atoms with Crippen molar-refractivity contribution in [3.63, 3.8) is 0 Å². The highest BCUT2D eigenvalue weighted by Crippen LogP contribution is 2.25. The van der Waals surface area contributed by atoms with E-state index in [0.29, 0.717) is 22.3 Å². The third-order valence-electron chi connectivity index (χ3n) is 2.77. The third kappa shape index (κ3) is 2.32. The fraction of sp³-hybridized carbons (Fsp3) is 0.0833. The van der Waals surface area contributed by atoms with Crippen LogP contribution in [0.25, 0.3) is 10.9 Å². The van der Waals surface area contributed by atoms with Crippen molar-refractivity contribution in [2.75, 3.05) is 11.5 Å². The highest BCUT2D eigenvalue weighted by Gasteiger charge is 2.10. The van der Waals surface area contributed by atoms with E-state index in [1.54, 1.807) is 24.5 Å². The minimum absolute atomic E-state index is 0.0940. The number of rotatable bonds is 3. The summed E-state index contributed by atoms with van der Waals surface area (Å²) in [7, 11) is 0. The molecule has 20 heavy (non-hydrogen) atoms. The number of thioether (sulfide) groups is 1. The molecule has 3 rings (SSSR count). The molecule has 0 saturated carbocycles. The maximum Gasteiger partial charge on any atom is 0.260 e. The van der Waals surface area contributed by atoms with Crippen molar-refractivity contribution in [2.24, 2.45) is 0 Å². The molecule has 0 bridgehead atoms. The molecular weight excluding hydrogens is 276 g/mol. The average molecular weight is 288 g/mol. The lowest BCUT2D eigenvalue weighted by atomic mass is 10.1. The molecular formula is C12H12N6OS. The van der Waals surface area contributed by atoms with Gasteiger partial charge in [0.15, 0.2) is 5.16 Å². The summed E-state index contributed by atoms with van der Waals surface area (Å²) < 4.78 is 0. The molecule has 6 N–H and O–H groups in total. The number of aromatic nitrogens is 4. The first kappa shape index (κ1) is 12.5. The van der Waals surface area contributed by atoms with Crippen molar-refractivity contribution in [1.29, 1.82) is 0 Å². The summed E-state index contributed by atoms with van der Waals surface area (Å²) in [5.41, 5.74) is 13.1. The van der Waals surface area contributed by atoms with Gasteiger partial charge in [-0.2, -0.15) is 0 Å². The van der Waals surface area contributed by atoms with Gasteiger partial charge in [-0.3, -0.25) is 9.78 Å². The van der Waals surface area contributed by atoms with Gasteiger partial charge in [0, 0.05) is 23.8 Å². The predicted octanol–water partition coefficient (Wildman–Crippen LogP) is 1.10. The molecule has 0 aliphatic heterocycles. The zero-order valence-electron chi connectivity index (χ0n) is 10.4. The van der Waals surface area contributed by atoms with Crippen molar-refractivity contribution in [2.45, 2.75) is 10.9 Å². The molecule has 0 radical (unpaired) electrons. The molecule has 0 aliphatic rings. The van der Waals surface area contributed by atoms with E-state index in [0.717, 1.165) is 10.7 Å². The van der Waals surface area contributed by atoms with Crippen LogP contribution in [0.3, 0.4) is 0 Å². The second kappa shape index (κ2) is 4.89. The fourth-order valence-corrected chi connectivity index (χ4v) is 2.74. The molecule has 0 fully saturated rings. The number of H-pyrrole nitrogens is 2. The monoisotopic (exact) mass is 288 g/mol. The van der Waals surface area contributed by atoms with Crippen LogP contribution in [-0.2, 0) is 5.75 Å². The fourth-order valence-electron chi connectivity index (χ4n) is 1.94. The predicted molar refractivity (Wildman–Crippen MR) is 79.3 cm³/mol. The Hall–Kier alpha value is -2.48. The molecule has 0 unspecified atom stereocenters. The summed E-state index contributed by atoms with van der Waals surface area (Å²) in [6, 6.07) is 3.39. The minimum atomic E-state index is -0.288. The van der Waals surface area contributed by atoms with Crippen LogP contribution in [-0.4, -0.2) is 19.9 Å². The number of fused-ring (bicyclic) bond motifs is 1. The lowest BCUT2D eigenvalue weighted by molar-refractivity contribution is 1.06. The molecule has 3 aromatic rings. The number of benzene rings is 1. The van der Waals surface area contributed by atoms with E-state index in [2.05, 4.69) is 19.9 Å². The zero-order chi connectivity index (χ0) is 14.1. The van der Waals surface area contributed by atoms with Crippen LogP contribution >= 0.6 is 11.8 Å². The average Bonchev–Trinajstić information content (AvgIpc) is 2.90. The number of hydrogen-bond donors (Lipinski definition) is 4. The highest BCUT2D eigenvalue weighted by molar-refractivity contribution is 7.98. The number of imidazole rings is 1. The molecule has 8 heteroatoms. The third-order valence-corrected chi connectivity index (χ3v) is 3.72. The first-order valence-electron chi connectivity index (χ1n) is 5.83. The Kier molecular flexibility index (Phi) is 3.07. The second-order valence-corrected chi connectivity index (χ2v) is 5.17. The lowest BCUT2D eigenvalue weighted by Crippen LogP contribution is -2.12. The first-order valence-corrected chi connectivity index (χ1v) is 6.82. The maximum atomic E-state index is 11.9. The quantitative estimate of drug-likeness (QED) is 0.422. The van der Waals surface area contributed by atoms with Crippen LogP contribution < -0.4 is 17.0 Å². The van der Waals surface area contributed by atoms with E-state index in [-0.39, 0.29) is 11.5 Å². The Bertz CT molecular complexity index is 811. The Morgan fingerprint density at radius 2 is 2.15 bits per heavy atom. The topological polar surface area (TPSA) is 126 Å². The van der Waals surface area contributed by atoms with E-state index in [1.807, 2.05) is 0 Å². The summed E-state index contributed by atoms with van der Waals surface area (Å²) in [4.78, 5) is 25.7. The van der Waals surface area contributed by atoms with Gasteiger partial charge in [0.2, 0.25) is 5.95 Å². The molecule has 7 nitrogen and oxygen atoms in total. The van der Waals surface area contributed by atoms with Gasteiger partial charge < -0.3 is 16.5 Å². The van der Waals surface area contributed by atoms with Gasteiger partial charge in [-0.15, -0.1) is 0 Å². The first-order chi connectivity index (χ1) is 9.63. The SMILES string of the molecule is Nc1cc(CSc2ncc[nH]2)c2nc(N)[nH]c(=O)c2c1. The highest BCUT2D eigenvalue weighted by atomic mass is 32.2. The lowest BCUT2D eigenvalue weighted by Gasteiger charge is -2.07. The van der Waals surface area contributed by atoms with Gasteiger partial charge in [0.1, 0.15) is 0 Å². The second-order valence-electron chi connectivity index (χ2n) is 4.21. The Balaban J connectivity index is 2.07. The van der Waals surface area contributed by atoms with Crippen LogP contribution in [0.1, 0.15) is 5.56 Å². The molecule has 0 atom stereocenters. The van der Waals surface area contributed by atoms with Crippen molar-refractivity contribution in [1.82, 2.24) is 19.9 Å². The molecule has 0 saturated heterocycles. The van der Waals surface area contributed by atoms with E-state index in [9.17, 15) is 4.79 Å². The van der Waals surface area contributed by atoms with Gasteiger partial charge in [-0.25, -0.2) is 9.97 Å². The minimum Gasteiger partial charge on any atom is -0.399 e. The number of hydrogen-bond acceptors (Lipinski definition) is 6. The number of anilines is 2. The summed E-state index contributed by atoms with van der Waals surface area (Å²) in [6.45, 7) is 0. The van der Waals surface area contributed by atoms with Gasteiger partial charge in [-0.05, 0) is 17.7 Å². The van der Waals surface area contributed by atoms with Gasteiger partial charge in [0.05, 0.1) is 10.9 Å².